The molecule has 0 aliphatic heterocycles. The van der Waals surface area contributed by atoms with Crippen molar-refractivity contribution < 1.29 is 9.47 Å². The largest absolute Gasteiger partial charge is 0.497 e. The van der Waals surface area contributed by atoms with Crippen molar-refractivity contribution >= 4 is 23.4 Å². The summed E-state index contributed by atoms with van der Waals surface area (Å²) in [7, 11) is 1.66. The zero-order valence-corrected chi connectivity index (χ0v) is 11.9. The van der Waals surface area contributed by atoms with Crippen LogP contribution in [0.5, 0.6) is 11.5 Å². The molecule has 0 fully saturated rings. The highest BCUT2D eigenvalue weighted by Gasteiger charge is 2.01. The van der Waals surface area contributed by atoms with Crippen molar-refractivity contribution in [2.24, 2.45) is 0 Å². The van der Waals surface area contributed by atoms with E-state index in [1.807, 2.05) is 36.0 Å². The van der Waals surface area contributed by atoms with Crippen molar-refractivity contribution in [3.8, 4) is 11.5 Å². The van der Waals surface area contributed by atoms with E-state index < -0.39 is 0 Å². The van der Waals surface area contributed by atoms with Crippen LogP contribution in [-0.2, 0) is 0 Å². The maximum atomic E-state index is 5.68. The van der Waals surface area contributed by atoms with Crippen LogP contribution in [0.25, 0.3) is 0 Å². The van der Waals surface area contributed by atoms with Gasteiger partial charge in [0, 0.05) is 16.9 Å². The van der Waals surface area contributed by atoms with Crippen LogP contribution in [0.2, 0.25) is 0 Å². The average Bonchev–Trinajstić information content (AvgIpc) is 2.36. The Morgan fingerprint density at radius 3 is 2.47 bits per heavy atom. The van der Waals surface area contributed by atoms with Gasteiger partial charge < -0.3 is 9.47 Å². The number of halogens is 1. The van der Waals surface area contributed by atoms with Crippen LogP contribution in [-0.4, -0.2) is 30.6 Å². The van der Waals surface area contributed by atoms with Gasteiger partial charge >= 0.3 is 0 Å². The summed E-state index contributed by atoms with van der Waals surface area (Å²) < 4.78 is 10.7. The van der Waals surface area contributed by atoms with Gasteiger partial charge in [-0.25, -0.2) is 0 Å². The van der Waals surface area contributed by atoms with Gasteiger partial charge in [0.15, 0.2) is 0 Å². The molecule has 0 N–H and O–H groups in total. The lowest BCUT2D eigenvalue weighted by Crippen LogP contribution is -2.05. The summed E-state index contributed by atoms with van der Waals surface area (Å²) in [4.78, 5) is 0. The normalized spacial score (nSPS) is 12.2. The van der Waals surface area contributed by atoms with Crippen molar-refractivity contribution in [2.45, 2.75) is 18.6 Å². The molecule has 96 valence electrons. The average molecular weight is 275 g/mol. The summed E-state index contributed by atoms with van der Waals surface area (Å²) in [5.74, 6) is 3.45. The smallest absolute Gasteiger partial charge is 0.119 e. The second-order valence-corrected chi connectivity index (χ2v) is 5.61. The van der Waals surface area contributed by atoms with Gasteiger partial charge in [0.2, 0.25) is 0 Å². The quantitative estimate of drug-likeness (QED) is 0.530. The van der Waals surface area contributed by atoms with Crippen molar-refractivity contribution in [1.82, 2.24) is 0 Å². The van der Waals surface area contributed by atoms with E-state index >= 15 is 0 Å². The van der Waals surface area contributed by atoms with E-state index in [4.69, 9.17) is 21.1 Å². The van der Waals surface area contributed by atoms with E-state index in [-0.39, 0.29) is 0 Å². The summed E-state index contributed by atoms with van der Waals surface area (Å²) in [6.07, 6.45) is 1.05. The van der Waals surface area contributed by atoms with Crippen LogP contribution < -0.4 is 9.47 Å². The number of hydrogen-bond donors (Lipinski definition) is 0. The number of alkyl halides is 1. The first-order chi connectivity index (χ1) is 8.26. The molecular formula is C13H19ClO2S. The van der Waals surface area contributed by atoms with Gasteiger partial charge in [0.05, 0.1) is 13.7 Å². The molecule has 1 aromatic carbocycles. The van der Waals surface area contributed by atoms with Gasteiger partial charge in [-0.3, -0.25) is 0 Å². The first-order valence-electron chi connectivity index (χ1n) is 5.70. The third-order valence-electron chi connectivity index (χ3n) is 2.33. The molecule has 0 saturated carbocycles. The molecule has 0 radical (unpaired) electrons. The predicted octanol–water partition coefficient (Wildman–Crippen LogP) is 3.82. The third-order valence-corrected chi connectivity index (χ3v) is 3.75. The Kier molecular flexibility index (Phi) is 7.29. The van der Waals surface area contributed by atoms with Gasteiger partial charge in [0.25, 0.3) is 0 Å². The second kappa shape index (κ2) is 8.54. The van der Waals surface area contributed by atoms with Crippen LogP contribution in [0, 0.1) is 0 Å². The van der Waals surface area contributed by atoms with Crippen LogP contribution in [0.3, 0.4) is 0 Å². The molecule has 0 spiro atoms. The maximum absolute atomic E-state index is 5.68. The summed E-state index contributed by atoms with van der Waals surface area (Å²) in [5, 5.41) is 0.604. The molecule has 0 bridgehead atoms. The highest BCUT2D eigenvalue weighted by molar-refractivity contribution is 7.99. The van der Waals surface area contributed by atoms with Crippen LogP contribution in [0.1, 0.15) is 13.3 Å². The molecule has 0 aromatic heterocycles. The highest BCUT2D eigenvalue weighted by atomic mass is 35.5. The Hall–Kier alpha value is -0.540. The molecule has 0 aliphatic carbocycles. The Labute approximate surface area is 113 Å². The molecule has 0 heterocycles. The summed E-state index contributed by atoms with van der Waals surface area (Å²) in [6, 6.07) is 7.65. The van der Waals surface area contributed by atoms with E-state index in [2.05, 4.69) is 6.92 Å². The molecule has 1 aromatic rings. The molecule has 0 amide bonds. The number of benzene rings is 1. The molecule has 2 nitrogen and oxygen atoms in total. The van der Waals surface area contributed by atoms with Gasteiger partial charge in [-0.15, -0.1) is 11.6 Å². The fraction of sp³-hybridized carbons (Fsp3) is 0.538. The minimum absolute atomic E-state index is 0.604. The van der Waals surface area contributed by atoms with Gasteiger partial charge in [-0.1, -0.05) is 6.92 Å². The lowest BCUT2D eigenvalue weighted by molar-refractivity contribution is 0.342. The summed E-state index contributed by atoms with van der Waals surface area (Å²) >= 11 is 7.57. The van der Waals surface area contributed by atoms with Crippen molar-refractivity contribution in [3.63, 3.8) is 0 Å². The molecule has 1 rings (SSSR count). The monoisotopic (exact) mass is 274 g/mol. The summed E-state index contributed by atoms with van der Waals surface area (Å²) in [6.45, 7) is 2.92. The topological polar surface area (TPSA) is 18.5 Å². The number of thioether (sulfide) groups is 1. The van der Waals surface area contributed by atoms with E-state index in [9.17, 15) is 0 Å². The van der Waals surface area contributed by atoms with Crippen molar-refractivity contribution in [2.75, 3.05) is 25.3 Å². The molecule has 4 heteroatoms. The van der Waals surface area contributed by atoms with Crippen molar-refractivity contribution in [3.05, 3.63) is 24.3 Å². The minimum Gasteiger partial charge on any atom is -0.497 e. The fourth-order valence-corrected chi connectivity index (χ4v) is 2.64. The lowest BCUT2D eigenvalue weighted by Gasteiger charge is -2.10. The number of rotatable bonds is 8. The van der Waals surface area contributed by atoms with Crippen molar-refractivity contribution in [1.29, 1.82) is 0 Å². The van der Waals surface area contributed by atoms with Crippen LogP contribution >= 0.6 is 23.4 Å². The molecule has 1 atom stereocenters. The predicted molar refractivity (Wildman–Crippen MR) is 75.7 cm³/mol. The molecule has 0 aliphatic rings. The Bertz CT molecular complexity index is 303. The standard InChI is InChI=1S/C13H19ClO2S/c1-11(7-8-14)17-10-9-16-13-5-3-12(15-2)4-6-13/h3-6,11H,7-10H2,1-2H3. The van der Waals surface area contributed by atoms with E-state index in [0.29, 0.717) is 5.25 Å². The first kappa shape index (κ1) is 14.5. The summed E-state index contributed by atoms with van der Waals surface area (Å²) in [5.41, 5.74) is 0. The minimum atomic E-state index is 0.604. The molecule has 0 saturated heterocycles. The number of methoxy groups -OCH3 is 1. The zero-order valence-electron chi connectivity index (χ0n) is 10.3. The fourth-order valence-electron chi connectivity index (χ4n) is 1.32. The van der Waals surface area contributed by atoms with Crippen LogP contribution in [0.4, 0.5) is 0 Å². The number of ether oxygens (including phenoxy) is 2. The molecule has 17 heavy (non-hydrogen) atoms. The Morgan fingerprint density at radius 2 is 1.88 bits per heavy atom. The van der Waals surface area contributed by atoms with E-state index in [0.717, 1.165) is 36.2 Å². The lowest BCUT2D eigenvalue weighted by atomic mass is 10.3. The Morgan fingerprint density at radius 1 is 1.24 bits per heavy atom. The van der Waals surface area contributed by atoms with Crippen LogP contribution in [0.15, 0.2) is 24.3 Å². The van der Waals surface area contributed by atoms with Gasteiger partial charge in [-0.2, -0.15) is 11.8 Å². The van der Waals surface area contributed by atoms with E-state index in [1.54, 1.807) is 7.11 Å². The number of hydrogen-bond acceptors (Lipinski definition) is 3. The van der Waals surface area contributed by atoms with E-state index in [1.165, 1.54) is 0 Å². The third kappa shape index (κ3) is 6.08. The SMILES string of the molecule is COc1ccc(OCCSC(C)CCCl)cc1. The van der Waals surface area contributed by atoms with Gasteiger partial charge in [-0.05, 0) is 30.7 Å². The molecule has 1 unspecified atom stereocenters. The highest BCUT2D eigenvalue weighted by Crippen LogP contribution is 2.18. The Balaban J connectivity index is 2.17. The first-order valence-corrected chi connectivity index (χ1v) is 7.29. The second-order valence-electron chi connectivity index (χ2n) is 3.68. The van der Waals surface area contributed by atoms with Gasteiger partial charge in [0.1, 0.15) is 11.5 Å². The molecular weight excluding hydrogens is 256 g/mol. The zero-order chi connectivity index (χ0) is 12.5. The maximum Gasteiger partial charge on any atom is 0.119 e.